The van der Waals surface area contributed by atoms with E-state index in [9.17, 15) is 4.79 Å². The average molecular weight is 246 g/mol. The summed E-state index contributed by atoms with van der Waals surface area (Å²) in [6.07, 6.45) is 0. The molecule has 1 aromatic rings. The van der Waals surface area contributed by atoms with Gasteiger partial charge in [-0.3, -0.25) is 9.69 Å². The van der Waals surface area contributed by atoms with Gasteiger partial charge in [-0.25, -0.2) is 0 Å². The molecule has 1 saturated heterocycles. The van der Waals surface area contributed by atoms with Crippen molar-refractivity contribution in [3.63, 3.8) is 0 Å². The summed E-state index contributed by atoms with van der Waals surface area (Å²) in [7, 11) is 0. The van der Waals surface area contributed by atoms with Crippen molar-refractivity contribution in [1.82, 2.24) is 4.90 Å². The third kappa shape index (κ3) is 2.91. The third-order valence-electron chi connectivity index (χ3n) is 3.55. The van der Waals surface area contributed by atoms with E-state index in [0.717, 1.165) is 31.9 Å². The highest BCUT2D eigenvalue weighted by molar-refractivity contribution is 5.45. The molecule has 1 aliphatic heterocycles. The molecule has 18 heavy (non-hydrogen) atoms. The Labute approximate surface area is 109 Å². The second kappa shape index (κ2) is 5.11. The quantitative estimate of drug-likeness (QED) is 0.757. The average Bonchev–Trinajstić information content (AvgIpc) is 2.53. The fourth-order valence-electron chi connectivity index (χ4n) is 2.40. The zero-order valence-electron chi connectivity index (χ0n) is 11.5. The highest BCUT2D eigenvalue weighted by Gasteiger charge is 2.26. The largest absolute Gasteiger partial charge is 0.366 e. The Kier molecular flexibility index (Phi) is 3.71. The van der Waals surface area contributed by atoms with Gasteiger partial charge in [-0.05, 0) is 32.9 Å². The van der Waals surface area contributed by atoms with Gasteiger partial charge >= 0.3 is 0 Å². The van der Waals surface area contributed by atoms with Crippen LogP contribution in [0.4, 0.5) is 5.69 Å². The Bertz CT molecular complexity index is 457. The van der Waals surface area contributed by atoms with E-state index in [1.165, 1.54) is 0 Å². The molecular weight excluding hydrogens is 224 g/mol. The maximum Gasteiger partial charge on any atom is 0.201 e. The molecule has 2 rings (SSSR count). The number of nitrogens with zero attached hydrogens (tertiary/aromatic N) is 2. The summed E-state index contributed by atoms with van der Waals surface area (Å²) < 4.78 is 0. The first-order chi connectivity index (χ1) is 8.48. The molecule has 98 valence electrons. The van der Waals surface area contributed by atoms with Gasteiger partial charge in [-0.1, -0.05) is 18.2 Å². The van der Waals surface area contributed by atoms with Gasteiger partial charge in [0.25, 0.3) is 0 Å². The molecule has 0 bridgehead atoms. The molecule has 0 aromatic heterocycles. The second-order valence-corrected chi connectivity index (χ2v) is 5.81. The normalized spacial score (nSPS) is 17.8. The molecule has 0 unspecified atom stereocenters. The van der Waals surface area contributed by atoms with Crippen molar-refractivity contribution in [1.29, 1.82) is 0 Å². The van der Waals surface area contributed by atoms with Gasteiger partial charge in [0.05, 0.1) is 5.69 Å². The number of piperazine rings is 1. The van der Waals surface area contributed by atoms with Gasteiger partial charge < -0.3 is 4.90 Å². The van der Waals surface area contributed by atoms with Gasteiger partial charge in [0.15, 0.2) is 0 Å². The molecule has 0 radical (unpaired) electrons. The van der Waals surface area contributed by atoms with Gasteiger partial charge in [0.2, 0.25) is 5.43 Å². The highest BCUT2D eigenvalue weighted by Crippen LogP contribution is 2.18. The molecule has 0 atom stereocenters. The summed E-state index contributed by atoms with van der Waals surface area (Å²) in [5.74, 6) is 0. The molecule has 3 nitrogen and oxygen atoms in total. The first-order valence-corrected chi connectivity index (χ1v) is 6.58. The van der Waals surface area contributed by atoms with Crippen LogP contribution in [0, 0.1) is 0 Å². The third-order valence-corrected chi connectivity index (χ3v) is 3.55. The zero-order valence-corrected chi connectivity index (χ0v) is 11.5. The topological polar surface area (TPSA) is 23.6 Å². The fourth-order valence-corrected chi connectivity index (χ4v) is 2.40. The van der Waals surface area contributed by atoms with E-state index in [4.69, 9.17) is 0 Å². The van der Waals surface area contributed by atoms with Gasteiger partial charge in [0, 0.05) is 31.7 Å². The van der Waals surface area contributed by atoms with Crippen molar-refractivity contribution in [2.24, 2.45) is 0 Å². The lowest BCUT2D eigenvalue weighted by Crippen LogP contribution is -2.54. The minimum atomic E-state index is 0.115. The maximum atomic E-state index is 11.9. The smallest absolute Gasteiger partial charge is 0.201 e. The number of hydrogen-bond acceptors (Lipinski definition) is 3. The van der Waals surface area contributed by atoms with E-state index in [-0.39, 0.29) is 11.0 Å². The molecule has 1 heterocycles. The molecule has 1 aliphatic rings. The molecule has 0 amide bonds. The molecule has 0 saturated carbocycles. The van der Waals surface area contributed by atoms with Crippen molar-refractivity contribution in [3.05, 3.63) is 40.6 Å². The summed E-state index contributed by atoms with van der Waals surface area (Å²) in [6, 6.07) is 9.21. The Morgan fingerprint density at radius 2 is 1.56 bits per heavy atom. The van der Waals surface area contributed by atoms with Crippen LogP contribution in [-0.4, -0.2) is 36.6 Å². The first-order valence-electron chi connectivity index (χ1n) is 6.58. The van der Waals surface area contributed by atoms with E-state index < -0.39 is 0 Å². The van der Waals surface area contributed by atoms with Crippen molar-refractivity contribution < 1.29 is 0 Å². The zero-order chi connectivity index (χ0) is 13.2. The van der Waals surface area contributed by atoms with E-state index >= 15 is 0 Å². The summed E-state index contributed by atoms with van der Waals surface area (Å²) in [5, 5.41) is 0. The van der Waals surface area contributed by atoms with Crippen LogP contribution in [0.5, 0.6) is 0 Å². The Balaban J connectivity index is 2.11. The maximum absolute atomic E-state index is 11.9. The van der Waals surface area contributed by atoms with E-state index in [1.807, 2.05) is 18.2 Å². The van der Waals surface area contributed by atoms with Crippen LogP contribution in [0.25, 0.3) is 0 Å². The van der Waals surface area contributed by atoms with Crippen LogP contribution >= 0.6 is 0 Å². The van der Waals surface area contributed by atoms with E-state index in [1.54, 1.807) is 12.1 Å². The SMILES string of the molecule is CC(C)(C)N1CCN(c2cccccc2=O)CC1. The fraction of sp³-hybridized carbons (Fsp3) is 0.533. The highest BCUT2D eigenvalue weighted by atomic mass is 16.1. The Morgan fingerprint density at radius 3 is 2.17 bits per heavy atom. The lowest BCUT2D eigenvalue weighted by atomic mass is 10.0. The summed E-state index contributed by atoms with van der Waals surface area (Å²) in [6.45, 7) is 10.6. The predicted octanol–water partition coefficient (Wildman–Crippen LogP) is 1.97. The standard InChI is InChI=1S/C15H22N2O/c1-15(2,3)17-11-9-16(10-12-17)13-7-5-4-6-8-14(13)18/h4-8H,9-12H2,1-3H3. The molecule has 1 fully saturated rings. The number of anilines is 1. The monoisotopic (exact) mass is 246 g/mol. The molecule has 3 heteroatoms. The van der Waals surface area contributed by atoms with Crippen LogP contribution in [0.2, 0.25) is 0 Å². The molecule has 0 N–H and O–H groups in total. The molecular formula is C15H22N2O. The van der Waals surface area contributed by atoms with Crippen molar-refractivity contribution in [2.45, 2.75) is 26.3 Å². The van der Waals surface area contributed by atoms with Crippen molar-refractivity contribution in [3.8, 4) is 0 Å². The van der Waals surface area contributed by atoms with E-state index in [0.29, 0.717) is 0 Å². The Morgan fingerprint density at radius 1 is 0.944 bits per heavy atom. The summed E-state index contributed by atoms with van der Waals surface area (Å²) in [5.41, 5.74) is 1.16. The van der Waals surface area contributed by atoms with Crippen LogP contribution in [0.3, 0.4) is 0 Å². The second-order valence-electron chi connectivity index (χ2n) is 5.81. The minimum absolute atomic E-state index is 0.115. The lowest BCUT2D eigenvalue weighted by Gasteiger charge is -2.42. The van der Waals surface area contributed by atoms with Crippen LogP contribution < -0.4 is 10.3 Å². The van der Waals surface area contributed by atoms with Gasteiger partial charge in [-0.2, -0.15) is 0 Å². The minimum Gasteiger partial charge on any atom is -0.366 e. The molecule has 1 aromatic carbocycles. The predicted molar refractivity (Wildman–Crippen MR) is 76.3 cm³/mol. The van der Waals surface area contributed by atoms with Crippen LogP contribution in [0.15, 0.2) is 35.1 Å². The number of hydrogen-bond donors (Lipinski definition) is 0. The molecule has 0 aliphatic carbocycles. The van der Waals surface area contributed by atoms with Crippen LogP contribution in [0.1, 0.15) is 20.8 Å². The lowest BCUT2D eigenvalue weighted by molar-refractivity contribution is 0.128. The molecule has 0 spiro atoms. The summed E-state index contributed by atoms with van der Waals surface area (Å²) in [4.78, 5) is 16.6. The Hall–Kier alpha value is -1.35. The van der Waals surface area contributed by atoms with Gasteiger partial charge in [-0.15, -0.1) is 0 Å². The first kappa shape index (κ1) is 13.1. The van der Waals surface area contributed by atoms with Gasteiger partial charge in [0.1, 0.15) is 0 Å². The number of rotatable bonds is 1. The van der Waals surface area contributed by atoms with Crippen LogP contribution in [-0.2, 0) is 0 Å². The van der Waals surface area contributed by atoms with Crippen molar-refractivity contribution in [2.75, 3.05) is 31.1 Å². The summed E-state index contributed by atoms with van der Waals surface area (Å²) >= 11 is 0. The van der Waals surface area contributed by atoms with Crippen molar-refractivity contribution >= 4 is 5.69 Å². The van der Waals surface area contributed by atoms with E-state index in [2.05, 4.69) is 30.6 Å².